The summed E-state index contributed by atoms with van der Waals surface area (Å²) in [5, 5.41) is 3.25. The van der Waals surface area contributed by atoms with Crippen molar-refractivity contribution in [2.45, 2.75) is 19.9 Å². The predicted octanol–water partition coefficient (Wildman–Crippen LogP) is 3.67. The lowest BCUT2D eigenvalue weighted by atomic mass is 10.2. The number of hydrogen-bond donors (Lipinski definition) is 2. The first-order valence-corrected chi connectivity index (χ1v) is 9.74. The van der Waals surface area contributed by atoms with Gasteiger partial charge >= 0.3 is 0 Å². The van der Waals surface area contributed by atoms with Crippen LogP contribution in [0.3, 0.4) is 0 Å². The van der Waals surface area contributed by atoms with Crippen LogP contribution in [-0.2, 0) is 0 Å². The molecule has 3 aromatic heterocycles. The van der Waals surface area contributed by atoms with Crippen LogP contribution < -0.4 is 10.9 Å². The second kappa shape index (κ2) is 7.28. The molecule has 2 aromatic carbocycles. The maximum absolute atomic E-state index is 14.5. The van der Waals surface area contributed by atoms with Gasteiger partial charge in [0, 0.05) is 0 Å². The number of benzene rings is 2. The van der Waals surface area contributed by atoms with Crippen molar-refractivity contribution >= 4 is 27.9 Å². The maximum atomic E-state index is 14.5. The highest BCUT2D eigenvalue weighted by atomic mass is 19.1. The summed E-state index contributed by atoms with van der Waals surface area (Å²) in [6.07, 6.45) is 1.55. The first-order valence-electron chi connectivity index (χ1n) is 9.74. The number of H-pyrrole nitrogens is 1. The maximum Gasteiger partial charge on any atom is 0.269 e. The molecule has 1 unspecified atom stereocenters. The molecule has 0 saturated heterocycles. The van der Waals surface area contributed by atoms with Crippen molar-refractivity contribution in [1.29, 1.82) is 0 Å². The highest BCUT2D eigenvalue weighted by molar-refractivity contribution is 5.83. The summed E-state index contributed by atoms with van der Waals surface area (Å²) < 4.78 is 15.9. The number of imidazole rings is 1. The average molecular weight is 415 g/mol. The predicted molar refractivity (Wildman–Crippen MR) is 116 cm³/mol. The van der Waals surface area contributed by atoms with Gasteiger partial charge in [-0.3, -0.25) is 9.36 Å². The molecule has 0 aliphatic rings. The van der Waals surface area contributed by atoms with E-state index in [1.165, 1.54) is 10.6 Å². The summed E-state index contributed by atoms with van der Waals surface area (Å²) in [5.74, 6) is 0.913. The van der Waals surface area contributed by atoms with Crippen LogP contribution in [0.5, 0.6) is 0 Å². The molecule has 5 rings (SSSR count). The van der Waals surface area contributed by atoms with E-state index in [0.29, 0.717) is 39.8 Å². The van der Waals surface area contributed by atoms with E-state index in [-0.39, 0.29) is 5.39 Å². The summed E-state index contributed by atoms with van der Waals surface area (Å²) in [6, 6.07) is 13.0. The number of para-hydroxylation sites is 1. The minimum absolute atomic E-state index is 0.0464. The van der Waals surface area contributed by atoms with Crippen molar-refractivity contribution < 1.29 is 4.39 Å². The molecule has 2 N–H and O–H groups in total. The lowest BCUT2D eigenvalue weighted by molar-refractivity contribution is 0.635. The highest BCUT2D eigenvalue weighted by Gasteiger charge is 2.21. The number of aromatic nitrogens is 6. The Hall–Kier alpha value is -4.14. The summed E-state index contributed by atoms with van der Waals surface area (Å²) in [7, 11) is 0. The Morgan fingerprint density at radius 1 is 1.06 bits per heavy atom. The number of aryl methyl sites for hydroxylation is 1. The zero-order chi connectivity index (χ0) is 21.5. The third-order valence-corrected chi connectivity index (χ3v) is 5.02. The largest absolute Gasteiger partial charge is 0.358 e. The van der Waals surface area contributed by atoms with E-state index in [2.05, 4.69) is 30.2 Å². The molecule has 1 atom stereocenters. The standard InChI is InChI=1S/C22H18FN7O/c1-12(26-20-18-19(25-11-24-18)27-13(2)28-20)21-29-16-10-6-9-15(23)17(16)22(31)30(21)14-7-4-3-5-8-14/h3-12H,1-2H3,(H2,24,25,26,27,28). The van der Waals surface area contributed by atoms with E-state index in [0.717, 1.165) is 0 Å². The Kier molecular flexibility index (Phi) is 4.43. The van der Waals surface area contributed by atoms with Gasteiger partial charge in [-0.1, -0.05) is 24.3 Å². The van der Waals surface area contributed by atoms with Crippen LogP contribution >= 0.6 is 0 Å². The van der Waals surface area contributed by atoms with E-state index in [4.69, 9.17) is 0 Å². The van der Waals surface area contributed by atoms with Crippen molar-refractivity contribution in [3.05, 3.63) is 82.7 Å². The monoisotopic (exact) mass is 415 g/mol. The fourth-order valence-corrected chi connectivity index (χ4v) is 3.64. The molecule has 0 aliphatic carbocycles. The van der Waals surface area contributed by atoms with Gasteiger partial charge in [0.05, 0.1) is 23.6 Å². The van der Waals surface area contributed by atoms with Gasteiger partial charge in [0.2, 0.25) is 0 Å². The Balaban J connectivity index is 1.71. The second-order valence-electron chi connectivity index (χ2n) is 7.17. The van der Waals surface area contributed by atoms with Gasteiger partial charge in [-0.05, 0) is 38.1 Å². The van der Waals surface area contributed by atoms with E-state index < -0.39 is 17.4 Å². The zero-order valence-corrected chi connectivity index (χ0v) is 16.8. The number of hydrogen-bond acceptors (Lipinski definition) is 6. The first kappa shape index (κ1) is 18.9. The van der Waals surface area contributed by atoms with E-state index >= 15 is 0 Å². The van der Waals surface area contributed by atoms with Crippen molar-refractivity contribution in [1.82, 2.24) is 29.5 Å². The fraction of sp³-hybridized carbons (Fsp3) is 0.136. The molecule has 0 spiro atoms. The van der Waals surface area contributed by atoms with Crippen LogP contribution in [0.1, 0.15) is 24.6 Å². The van der Waals surface area contributed by atoms with Gasteiger partial charge in [0.1, 0.15) is 28.4 Å². The van der Waals surface area contributed by atoms with Crippen LogP contribution in [0.25, 0.3) is 27.8 Å². The number of rotatable bonds is 4. The van der Waals surface area contributed by atoms with Gasteiger partial charge in [-0.15, -0.1) is 0 Å². The number of aromatic amines is 1. The Labute approximate surface area is 175 Å². The minimum Gasteiger partial charge on any atom is -0.358 e. The summed E-state index contributed by atoms with van der Waals surface area (Å²) in [5.41, 5.74) is 1.61. The topological polar surface area (TPSA) is 101 Å². The highest BCUT2D eigenvalue weighted by Crippen LogP contribution is 2.24. The van der Waals surface area contributed by atoms with Gasteiger partial charge < -0.3 is 10.3 Å². The van der Waals surface area contributed by atoms with Crippen molar-refractivity contribution in [2.24, 2.45) is 0 Å². The molecule has 31 heavy (non-hydrogen) atoms. The van der Waals surface area contributed by atoms with Crippen LogP contribution in [0.2, 0.25) is 0 Å². The third-order valence-electron chi connectivity index (χ3n) is 5.02. The molecule has 5 aromatic rings. The molecular formula is C22H18FN7O. The molecule has 154 valence electrons. The van der Waals surface area contributed by atoms with E-state index in [1.54, 1.807) is 37.5 Å². The first-order chi connectivity index (χ1) is 15.0. The molecule has 0 amide bonds. The zero-order valence-electron chi connectivity index (χ0n) is 16.8. The van der Waals surface area contributed by atoms with E-state index in [1.807, 2.05) is 25.1 Å². The number of halogens is 1. The molecule has 9 heteroatoms. The molecule has 3 heterocycles. The van der Waals surface area contributed by atoms with Crippen molar-refractivity contribution in [3.63, 3.8) is 0 Å². The molecule has 0 bridgehead atoms. The lowest BCUT2D eigenvalue weighted by Crippen LogP contribution is -2.28. The van der Waals surface area contributed by atoms with Gasteiger partial charge in [0.15, 0.2) is 11.5 Å². The summed E-state index contributed by atoms with van der Waals surface area (Å²) in [4.78, 5) is 34.1. The van der Waals surface area contributed by atoms with E-state index in [9.17, 15) is 9.18 Å². The van der Waals surface area contributed by atoms with Crippen LogP contribution in [-0.4, -0.2) is 29.5 Å². The number of fused-ring (bicyclic) bond motifs is 2. The second-order valence-corrected chi connectivity index (χ2v) is 7.17. The minimum atomic E-state index is -0.600. The van der Waals surface area contributed by atoms with Gasteiger partial charge in [0.25, 0.3) is 5.56 Å². The average Bonchev–Trinajstić information content (AvgIpc) is 3.22. The summed E-state index contributed by atoms with van der Waals surface area (Å²) in [6.45, 7) is 3.65. The van der Waals surface area contributed by atoms with Crippen LogP contribution in [0.15, 0.2) is 59.7 Å². The Morgan fingerprint density at radius 3 is 2.68 bits per heavy atom. The van der Waals surface area contributed by atoms with Crippen molar-refractivity contribution in [2.75, 3.05) is 5.32 Å². The molecule has 0 aliphatic heterocycles. The van der Waals surface area contributed by atoms with Crippen LogP contribution in [0.4, 0.5) is 10.2 Å². The Bertz CT molecular complexity index is 1480. The molecule has 0 radical (unpaired) electrons. The number of nitrogens with one attached hydrogen (secondary N) is 2. The van der Waals surface area contributed by atoms with Gasteiger partial charge in [-0.2, -0.15) is 0 Å². The molecular weight excluding hydrogens is 397 g/mol. The smallest absolute Gasteiger partial charge is 0.269 e. The van der Waals surface area contributed by atoms with Crippen LogP contribution in [0, 0.1) is 12.7 Å². The summed E-state index contributed by atoms with van der Waals surface area (Å²) >= 11 is 0. The quantitative estimate of drug-likeness (QED) is 0.464. The Morgan fingerprint density at radius 2 is 1.87 bits per heavy atom. The number of anilines is 1. The third kappa shape index (κ3) is 3.20. The van der Waals surface area contributed by atoms with Crippen molar-refractivity contribution in [3.8, 4) is 5.69 Å². The molecule has 0 fully saturated rings. The number of nitrogens with zero attached hydrogens (tertiary/aromatic N) is 5. The normalized spacial score (nSPS) is 12.4. The molecule has 8 nitrogen and oxygen atoms in total. The lowest BCUT2D eigenvalue weighted by Gasteiger charge is -2.20. The molecule has 0 saturated carbocycles. The fourth-order valence-electron chi connectivity index (χ4n) is 3.64. The van der Waals surface area contributed by atoms with Gasteiger partial charge in [-0.25, -0.2) is 24.3 Å². The SMILES string of the molecule is Cc1nc(NC(C)c2nc3cccc(F)c3c(=O)n2-c2ccccc2)c2nc[nH]c2n1.